The van der Waals surface area contributed by atoms with Crippen molar-refractivity contribution in [3.8, 4) is 0 Å². The summed E-state index contributed by atoms with van der Waals surface area (Å²) in [6, 6.07) is 13.0. The Balaban J connectivity index is 1.57. The van der Waals surface area contributed by atoms with Gasteiger partial charge in [0, 0.05) is 23.2 Å². The first-order valence-electron chi connectivity index (χ1n) is 11.2. The molecule has 0 aromatic heterocycles. The molecule has 7 nitrogen and oxygen atoms in total. The van der Waals surface area contributed by atoms with Crippen LogP contribution in [0.4, 0.5) is 5.69 Å². The average Bonchev–Trinajstić information content (AvgIpc) is 3.10. The molecule has 1 N–H and O–H groups in total. The first-order chi connectivity index (χ1) is 16.2. The van der Waals surface area contributed by atoms with Crippen LogP contribution in [-0.2, 0) is 19.6 Å². The van der Waals surface area contributed by atoms with Crippen molar-refractivity contribution in [3.63, 3.8) is 0 Å². The topological polar surface area (TPSA) is 95.9 Å². The van der Waals surface area contributed by atoms with Crippen LogP contribution in [0.3, 0.4) is 0 Å². The van der Waals surface area contributed by atoms with Crippen LogP contribution in [-0.4, -0.2) is 41.6 Å². The van der Waals surface area contributed by atoms with Crippen LogP contribution in [0.1, 0.15) is 44.1 Å². The number of hydrogen-bond acceptors (Lipinski definition) is 5. The quantitative estimate of drug-likeness (QED) is 0.579. The Morgan fingerprint density at radius 3 is 2.38 bits per heavy atom. The van der Waals surface area contributed by atoms with E-state index in [9.17, 15) is 18.0 Å². The zero-order chi connectivity index (χ0) is 24.3. The maximum atomic E-state index is 13.3. The summed E-state index contributed by atoms with van der Waals surface area (Å²) in [6.07, 6.45) is 4.53. The van der Waals surface area contributed by atoms with Crippen LogP contribution in [0.5, 0.6) is 0 Å². The maximum absolute atomic E-state index is 13.3. The van der Waals surface area contributed by atoms with Crippen molar-refractivity contribution in [1.82, 2.24) is 4.90 Å². The van der Waals surface area contributed by atoms with E-state index in [2.05, 4.69) is 9.71 Å². The maximum Gasteiger partial charge on any atom is 0.284 e. The summed E-state index contributed by atoms with van der Waals surface area (Å²) in [6.45, 7) is 1.96. The molecule has 2 aromatic carbocycles. The minimum atomic E-state index is -4.05. The van der Waals surface area contributed by atoms with Crippen molar-refractivity contribution < 1.29 is 18.0 Å². The Morgan fingerprint density at radius 1 is 1.09 bits per heavy atom. The molecule has 1 atom stereocenters. The van der Waals surface area contributed by atoms with Crippen LogP contribution in [0.15, 0.2) is 57.8 Å². The molecule has 2 amide bonds. The third kappa shape index (κ3) is 5.82. The van der Waals surface area contributed by atoms with Gasteiger partial charge < -0.3 is 5.32 Å². The van der Waals surface area contributed by atoms with Crippen molar-refractivity contribution in [1.29, 1.82) is 0 Å². The smallest absolute Gasteiger partial charge is 0.284 e. The highest BCUT2D eigenvalue weighted by Gasteiger charge is 2.43. The number of anilines is 1. The van der Waals surface area contributed by atoms with Gasteiger partial charge in [-0.2, -0.15) is 8.42 Å². The minimum absolute atomic E-state index is 0.00149. The lowest BCUT2D eigenvalue weighted by molar-refractivity contribution is -0.130. The van der Waals surface area contributed by atoms with E-state index < -0.39 is 15.3 Å². The fourth-order valence-corrected chi connectivity index (χ4v) is 6.66. The van der Waals surface area contributed by atoms with E-state index in [4.69, 9.17) is 11.6 Å². The molecule has 2 fully saturated rings. The largest absolute Gasteiger partial charge is 0.326 e. The molecule has 2 aliphatic rings. The summed E-state index contributed by atoms with van der Waals surface area (Å²) in [7, 11) is -4.05. The van der Waals surface area contributed by atoms with E-state index >= 15 is 0 Å². The lowest BCUT2D eigenvalue weighted by atomic mass is 9.94. The Bertz CT molecular complexity index is 1190. The molecule has 1 saturated heterocycles. The molecular weight excluding hydrogens is 494 g/mol. The summed E-state index contributed by atoms with van der Waals surface area (Å²) >= 11 is 6.93. The van der Waals surface area contributed by atoms with Crippen molar-refractivity contribution in [2.24, 2.45) is 4.40 Å². The number of nitrogens with one attached hydrogen (secondary N) is 1. The van der Waals surface area contributed by atoms with E-state index in [0.717, 1.165) is 49.4 Å². The van der Waals surface area contributed by atoms with Gasteiger partial charge in [0.15, 0.2) is 5.17 Å². The molecule has 0 radical (unpaired) electrons. The Morgan fingerprint density at radius 2 is 1.74 bits per heavy atom. The standard InChI is InChI=1S/C24H26ClN3O4S2/c1-16-7-11-18(12-8-16)26-22(29)15-21-23(30)28(19-5-3-2-4-6-19)24(33-21)27-34(31,32)20-13-9-17(25)10-14-20/h7-14,19,21H,2-6,15H2,1H3,(H,26,29)/t21-/m1/s1. The molecule has 1 aliphatic heterocycles. The molecule has 10 heteroatoms. The van der Waals surface area contributed by atoms with Crippen molar-refractivity contribution in [3.05, 3.63) is 59.1 Å². The second-order valence-corrected chi connectivity index (χ2v) is 11.7. The second-order valence-electron chi connectivity index (χ2n) is 8.53. The van der Waals surface area contributed by atoms with Crippen molar-refractivity contribution in [2.75, 3.05) is 5.32 Å². The number of carbonyl (C=O) groups is 2. The predicted octanol–water partition coefficient (Wildman–Crippen LogP) is 5.00. The van der Waals surface area contributed by atoms with Gasteiger partial charge in [-0.05, 0) is 56.2 Å². The third-order valence-corrected chi connectivity index (χ3v) is 8.72. The summed E-state index contributed by atoms with van der Waals surface area (Å²) in [4.78, 5) is 27.5. The number of benzene rings is 2. The van der Waals surface area contributed by atoms with E-state index in [1.807, 2.05) is 19.1 Å². The van der Waals surface area contributed by atoms with Crippen LogP contribution < -0.4 is 5.32 Å². The van der Waals surface area contributed by atoms with Gasteiger partial charge in [-0.25, -0.2) is 0 Å². The predicted molar refractivity (Wildman–Crippen MR) is 136 cm³/mol. The summed E-state index contributed by atoms with van der Waals surface area (Å²) in [5.41, 5.74) is 1.72. The number of amidine groups is 1. The Kier molecular flexibility index (Phi) is 7.64. The summed E-state index contributed by atoms with van der Waals surface area (Å²) < 4.78 is 30.0. The number of carbonyl (C=O) groups excluding carboxylic acids is 2. The molecule has 2 aromatic rings. The lowest BCUT2D eigenvalue weighted by Gasteiger charge is -2.30. The number of halogens is 1. The van der Waals surface area contributed by atoms with E-state index in [1.165, 1.54) is 29.2 Å². The number of aryl methyl sites for hydroxylation is 1. The molecule has 0 spiro atoms. The Hall–Kier alpha value is -2.36. The van der Waals surface area contributed by atoms with Gasteiger partial charge in [0.2, 0.25) is 11.8 Å². The van der Waals surface area contributed by atoms with Gasteiger partial charge in [-0.1, -0.05) is 60.3 Å². The molecule has 1 heterocycles. The first-order valence-corrected chi connectivity index (χ1v) is 13.9. The number of thioether (sulfide) groups is 1. The Labute approximate surface area is 209 Å². The minimum Gasteiger partial charge on any atom is -0.326 e. The second kappa shape index (κ2) is 10.5. The lowest BCUT2D eigenvalue weighted by Crippen LogP contribution is -2.42. The number of nitrogens with zero attached hydrogens (tertiary/aromatic N) is 2. The zero-order valence-corrected chi connectivity index (χ0v) is 21.1. The molecule has 1 saturated carbocycles. The summed E-state index contributed by atoms with van der Waals surface area (Å²) in [5, 5.41) is 2.64. The molecule has 34 heavy (non-hydrogen) atoms. The molecule has 0 bridgehead atoms. The highest BCUT2D eigenvalue weighted by molar-refractivity contribution is 8.16. The fourth-order valence-electron chi connectivity index (χ4n) is 4.13. The van der Waals surface area contributed by atoms with Gasteiger partial charge in [0.1, 0.15) is 5.25 Å². The average molecular weight is 520 g/mol. The third-order valence-electron chi connectivity index (χ3n) is 5.92. The van der Waals surface area contributed by atoms with Crippen LogP contribution in [0.25, 0.3) is 0 Å². The van der Waals surface area contributed by atoms with Crippen molar-refractivity contribution >= 4 is 56.1 Å². The monoisotopic (exact) mass is 519 g/mol. The SMILES string of the molecule is Cc1ccc(NC(=O)C[C@H]2SC(=NS(=O)(=O)c3ccc(Cl)cc3)N(C3CCCCC3)C2=O)cc1. The molecule has 1 aliphatic carbocycles. The van der Waals surface area contributed by atoms with Crippen LogP contribution in [0, 0.1) is 6.92 Å². The van der Waals surface area contributed by atoms with Crippen LogP contribution >= 0.6 is 23.4 Å². The number of sulfonamides is 1. The number of amides is 2. The van der Waals surface area contributed by atoms with Gasteiger partial charge in [-0.15, -0.1) is 4.40 Å². The van der Waals surface area contributed by atoms with Crippen LogP contribution in [0.2, 0.25) is 5.02 Å². The molecule has 180 valence electrons. The molecule has 0 unspecified atom stereocenters. The van der Waals surface area contributed by atoms with E-state index in [-0.39, 0.29) is 34.3 Å². The normalized spacial score (nSPS) is 20.6. The van der Waals surface area contributed by atoms with Gasteiger partial charge in [0.25, 0.3) is 10.0 Å². The van der Waals surface area contributed by atoms with E-state index in [0.29, 0.717) is 10.7 Å². The highest BCUT2D eigenvalue weighted by Crippen LogP contribution is 2.36. The first kappa shape index (κ1) is 24.8. The van der Waals surface area contributed by atoms with E-state index in [1.54, 1.807) is 12.1 Å². The molecular formula is C24H26ClN3O4S2. The van der Waals surface area contributed by atoms with Gasteiger partial charge in [-0.3, -0.25) is 14.5 Å². The van der Waals surface area contributed by atoms with Gasteiger partial charge in [0.05, 0.1) is 4.90 Å². The number of rotatable bonds is 6. The van der Waals surface area contributed by atoms with Gasteiger partial charge >= 0.3 is 0 Å². The zero-order valence-electron chi connectivity index (χ0n) is 18.7. The summed E-state index contributed by atoms with van der Waals surface area (Å²) in [5.74, 6) is -0.568. The van der Waals surface area contributed by atoms with Crippen molar-refractivity contribution in [2.45, 2.75) is 61.6 Å². The highest BCUT2D eigenvalue weighted by atomic mass is 35.5. The molecule has 4 rings (SSSR count). The fraction of sp³-hybridized carbons (Fsp3) is 0.375. The number of hydrogen-bond donors (Lipinski definition) is 1.